The van der Waals surface area contributed by atoms with Crippen molar-refractivity contribution in [1.29, 1.82) is 0 Å². The SMILES string of the molecule is O=Cc1cnc(C(F)F)c(Cl)c1[N+](=O)[O-]. The zero-order valence-electron chi connectivity index (χ0n) is 6.99. The minimum Gasteiger partial charge on any atom is -0.298 e. The second-order valence-corrected chi connectivity index (χ2v) is 2.81. The molecule has 0 aliphatic carbocycles. The van der Waals surface area contributed by atoms with Crippen molar-refractivity contribution in [3.05, 3.63) is 32.6 Å². The van der Waals surface area contributed by atoms with E-state index < -0.39 is 33.3 Å². The molecule has 0 unspecified atom stereocenters. The minimum absolute atomic E-state index is 0.131. The van der Waals surface area contributed by atoms with Crippen molar-refractivity contribution >= 4 is 23.6 Å². The highest BCUT2D eigenvalue weighted by Crippen LogP contribution is 2.34. The Morgan fingerprint density at radius 1 is 1.60 bits per heavy atom. The maximum Gasteiger partial charge on any atom is 0.301 e. The summed E-state index contributed by atoms with van der Waals surface area (Å²) in [5, 5.41) is 9.66. The number of nitrogens with zero attached hydrogens (tertiary/aromatic N) is 2. The van der Waals surface area contributed by atoms with Crippen LogP contribution in [-0.4, -0.2) is 16.2 Å². The predicted molar refractivity (Wildman–Crippen MR) is 46.2 cm³/mol. The number of pyridine rings is 1. The van der Waals surface area contributed by atoms with Gasteiger partial charge in [0.2, 0.25) is 0 Å². The van der Waals surface area contributed by atoms with Gasteiger partial charge in [-0.05, 0) is 0 Å². The highest BCUT2D eigenvalue weighted by molar-refractivity contribution is 6.33. The van der Waals surface area contributed by atoms with E-state index in [1.807, 2.05) is 0 Å². The van der Waals surface area contributed by atoms with Crippen molar-refractivity contribution < 1.29 is 18.5 Å². The van der Waals surface area contributed by atoms with E-state index in [4.69, 9.17) is 11.6 Å². The molecular formula is C7H3ClF2N2O3. The lowest BCUT2D eigenvalue weighted by atomic mass is 10.2. The molecule has 0 aliphatic rings. The Kier molecular flexibility index (Phi) is 3.25. The Hall–Kier alpha value is -1.63. The number of carbonyl (C=O) groups is 1. The lowest BCUT2D eigenvalue weighted by Crippen LogP contribution is -2.01. The summed E-state index contributed by atoms with van der Waals surface area (Å²) in [4.78, 5) is 23.0. The van der Waals surface area contributed by atoms with Gasteiger partial charge in [-0.1, -0.05) is 11.6 Å². The van der Waals surface area contributed by atoms with Crippen molar-refractivity contribution in [2.45, 2.75) is 6.43 Å². The highest BCUT2D eigenvalue weighted by Gasteiger charge is 2.26. The number of alkyl halides is 2. The largest absolute Gasteiger partial charge is 0.301 e. The van der Waals surface area contributed by atoms with Gasteiger partial charge in [-0.2, -0.15) is 0 Å². The zero-order valence-corrected chi connectivity index (χ0v) is 7.74. The molecule has 0 fully saturated rings. The quantitative estimate of drug-likeness (QED) is 0.459. The lowest BCUT2D eigenvalue weighted by molar-refractivity contribution is -0.385. The Morgan fingerprint density at radius 3 is 2.60 bits per heavy atom. The first-order valence-corrected chi connectivity index (χ1v) is 3.93. The van der Waals surface area contributed by atoms with Crippen molar-refractivity contribution in [3.8, 4) is 0 Å². The smallest absolute Gasteiger partial charge is 0.298 e. The summed E-state index contributed by atoms with van der Waals surface area (Å²) in [5.74, 6) is 0. The zero-order chi connectivity index (χ0) is 11.6. The van der Waals surface area contributed by atoms with Crippen LogP contribution in [0.3, 0.4) is 0 Å². The molecule has 0 saturated carbocycles. The van der Waals surface area contributed by atoms with Gasteiger partial charge in [0.25, 0.3) is 6.43 Å². The summed E-state index contributed by atoms with van der Waals surface area (Å²) in [6.07, 6.45) is -2.21. The number of hydrogen-bond acceptors (Lipinski definition) is 4. The van der Waals surface area contributed by atoms with E-state index in [1.54, 1.807) is 0 Å². The molecule has 8 heteroatoms. The fourth-order valence-electron chi connectivity index (χ4n) is 0.929. The average Bonchev–Trinajstić information content (AvgIpc) is 2.15. The average molecular weight is 237 g/mol. The van der Waals surface area contributed by atoms with Gasteiger partial charge in [-0.3, -0.25) is 19.9 Å². The Balaban J connectivity index is 3.49. The van der Waals surface area contributed by atoms with Gasteiger partial charge in [-0.25, -0.2) is 8.78 Å². The second-order valence-electron chi connectivity index (χ2n) is 2.44. The van der Waals surface area contributed by atoms with Crippen molar-refractivity contribution in [1.82, 2.24) is 4.98 Å². The molecule has 0 N–H and O–H groups in total. The van der Waals surface area contributed by atoms with Crippen molar-refractivity contribution in [2.75, 3.05) is 0 Å². The molecule has 0 spiro atoms. The van der Waals surface area contributed by atoms with Crippen LogP contribution in [0.5, 0.6) is 0 Å². The van der Waals surface area contributed by atoms with Crippen molar-refractivity contribution in [2.24, 2.45) is 0 Å². The first-order chi connectivity index (χ1) is 6.99. The normalized spacial score (nSPS) is 10.4. The van der Waals surface area contributed by atoms with Crippen LogP contribution in [0.15, 0.2) is 6.20 Å². The number of nitro groups is 1. The van der Waals surface area contributed by atoms with Gasteiger partial charge < -0.3 is 0 Å². The fraction of sp³-hybridized carbons (Fsp3) is 0.143. The molecule has 15 heavy (non-hydrogen) atoms. The van der Waals surface area contributed by atoms with E-state index in [9.17, 15) is 23.7 Å². The molecule has 0 amide bonds. The maximum atomic E-state index is 12.2. The minimum atomic E-state index is -3.03. The van der Waals surface area contributed by atoms with Crippen LogP contribution in [0.1, 0.15) is 22.5 Å². The first kappa shape index (κ1) is 11.4. The summed E-state index contributed by atoms with van der Waals surface area (Å²) in [6.45, 7) is 0. The second kappa shape index (κ2) is 4.26. The highest BCUT2D eigenvalue weighted by atomic mass is 35.5. The molecule has 0 aliphatic heterocycles. The van der Waals surface area contributed by atoms with Crippen LogP contribution in [0.4, 0.5) is 14.5 Å². The van der Waals surface area contributed by atoms with Gasteiger partial charge in [0.1, 0.15) is 16.3 Å². The van der Waals surface area contributed by atoms with E-state index in [2.05, 4.69) is 4.98 Å². The summed E-state index contributed by atoms with van der Waals surface area (Å²) < 4.78 is 24.5. The topological polar surface area (TPSA) is 73.1 Å². The summed E-state index contributed by atoms with van der Waals surface area (Å²) in [6, 6.07) is 0. The van der Waals surface area contributed by atoms with Crippen LogP contribution >= 0.6 is 11.6 Å². The van der Waals surface area contributed by atoms with E-state index in [-0.39, 0.29) is 6.29 Å². The molecular weight excluding hydrogens is 234 g/mol. The summed E-state index contributed by atoms with van der Waals surface area (Å²) in [5.41, 5.74) is -2.19. The number of aldehydes is 1. The first-order valence-electron chi connectivity index (χ1n) is 3.55. The predicted octanol–water partition coefficient (Wildman–Crippen LogP) is 2.39. The number of hydrogen-bond donors (Lipinski definition) is 0. The molecule has 0 atom stereocenters. The lowest BCUT2D eigenvalue weighted by Gasteiger charge is -2.03. The number of halogens is 3. The van der Waals surface area contributed by atoms with E-state index in [0.29, 0.717) is 6.20 Å². The van der Waals surface area contributed by atoms with Crippen LogP contribution in [0.2, 0.25) is 5.02 Å². The van der Waals surface area contributed by atoms with Crippen LogP contribution in [0.25, 0.3) is 0 Å². The molecule has 1 aromatic rings. The molecule has 0 bridgehead atoms. The van der Waals surface area contributed by atoms with Gasteiger partial charge in [0, 0.05) is 6.20 Å². The van der Waals surface area contributed by atoms with Gasteiger partial charge >= 0.3 is 5.69 Å². The monoisotopic (exact) mass is 236 g/mol. The number of carbonyl (C=O) groups excluding carboxylic acids is 1. The van der Waals surface area contributed by atoms with Gasteiger partial charge in [0.05, 0.1) is 4.92 Å². The standard InChI is InChI=1S/C7H3ClF2N2O3/c8-4-5(7(9)10)11-1-3(2-13)6(4)12(14)15/h1-2,7H. The molecule has 0 radical (unpaired) electrons. The molecule has 0 aromatic carbocycles. The molecule has 1 rings (SSSR count). The van der Waals surface area contributed by atoms with E-state index >= 15 is 0 Å². The molecule has 0 saturated heterocycles. The van der Waals surface area contributed by atoms with Gasteiger partial charge in [0.15, 0.2) is 6.29 Å². The molecule has 80 valence electrons. The molecule has 5 nitrogen and oxygen atoms in total. The number of rotatable bonds is 3. The summed E-state index contributed by atoms with van der Waals surface area (Å²) in [7, 11) is 0. The number of aromatic nitrogens is 1. The Bertz CT molecular complexity index is 425. The van der Waals surface area contributed by atoms with Gasteiger partial charge in [-0.15, -0.1) is 0 Å². The summed E-state index contributed by atoms with van der Waals surface area (Å²) >= 11 is 5.34. The van der Waals surface area contributed by atoms with Crippen LogP contribution < -0.4 is 0 Å². The molecule has 1 aromatic heterocycles. The Morgan fingerprint density at radius 2 is 2.20 bits per heavy atom. The Labute approximate surface area is 86.8 Å². The fourth-order valence-corrected chi connectivity index (χ4v) is 1.24. The van der Waals surface area contributed by atoms with Crippen LogP contribution in [-0.2, 0) is 0 Å². The maximum absolute atomic E-state index is 12.2. The third-order valence-corrected chi connectivity index (χ3v) is 1.94. The van der Waals surface area contributed by atoms with Crippen molar-refractivity contribution in [3.63, 3.8) is 0 Å². The van der Waals surface area contributed by atoms with E-state index in [0.717, 1.165) is 0 Å². The third-order valence-electron chi connectivity index (χ3n) is 1.57. The molecule has 1 heterocycles. The third kappa shape index (κ3) is 2.07. The van der Waals surface area contributed by atoms with E-state index in [1.165, 1.54) is 0 Å². The van der Waals surface area contributed by atoms with Crippen LogP contribution in [0, 0.1) is 10.1 Å².